The van der Waals surface area contributed by atoms with Gasteiger partial charge in [-0.2, -0.15) is 0 Å². The van der Waals surface area contributed by atoms with Crippen molar-refractivity contribution in [2.24, 2.45) is 0 Å². The summed E-state index contributed by atoms with van der Waals surface area (Å²) in [7, 11) is 3.24. The van der Waals surface area contributed by atoms with Gasteiger partial charge in [-0.3, -0.25) is 0 Å². The van der Waals surface area contributed by atoms with Crippen LogP contribution in [0.4, 0.5) is 0 Å². The zero-order valence-corrected chi connectivity index (χ0v) is 10.2. The summed E-state index contributed by atoms with van der Waals surface area (Å²) in [4.78, 5) is 0. The van der Waals surface area contributed by atoms with Crippen molar-refractivity contribution >= 4 is 0 Å². The molecule has 0 spiro atoms. The summed E-state index contributed by atoms with van der Waals surface area (Å²) < 4.78 is 16.1. The normalized spacial score (nSPS) is 31.1. The molecule has 0 radical (unpaired) electrons. The van der Waals surface area contributed by atoms with E-state index in [1.807, 2.05) is 12.2 Å². The van der Waals surface area contributed by atoms with Crippen LogP contribution in [0.2, 0.25) is 0 Å². The van der Waals surface area contributed by atoms with Crippen molar-refractivity contribution in [1.29, 1.82) is 0 Å². The Morgan fingerprint density at radius 1 is 1.40 bits per heavy atom. The molecule has 4 nitrogen and oxygen atoms in total. The van der Waals surface area contributed by atoms with Gasteiger partial charge >= 0.3 is 0 Å². The maximum Gasteiger partial charge on any atom is 0.203 e. The first-order valence-corrected chi connectivity index (χ1v) is 5.11. The molecule has 0 fully saturated rings. The van der Waals surface area contributed by atoms with E-state index in [0.29, 0.717) is 6.54 Å². The Hall–Kier alpha value is -0.420. The molecule has 1 aliphatic heterocycles. The first kappa shape index (κ1) is 12.6. The summed E-state index contributed by atoms with van der Waals surface area (Å²) in [5.74, 6) is -0.700. The molecule has 0 aromatic rings. The summed E-state index contributed by atoms with van der Waals surface area (Å²) in [6.45, 7) is 6.90. The Kier molecular flexibility index (Phi) is 3.89. The van der Waals surface area contributed by atoms with Gasteiger partial charge in [0, 0.05) is 19.8 Å². The minimum Gasteiger partial charge on any atom is -0.352 e. The monoisotopic (exact) mass is 215 g/mol. The minimum atomic E-state index is -0.700. The average molecular weight is 215 g/mol. The second-order valence-electron chi connectivity index (χ2n) is 4.70. The van der Waals surface area contributed by atoms with Crippen molar-refractivity contribution in [3.05, 3.63) is 12.2 Å². The van der Waals surface area contributed by atoms with Gasteiger partial charge in [-0.25, -0.2) is 0 Å². The van der Waals surface area contributed by atoms with Crippen molar-refractivity contribution in [3.63, 3.8) is 0 Å². The average Bonchev–Trinajstić information content (AvgIpc) is 2.58. The number of hydrogen-bond acceptors (Lipinski definition) is 4. The maximum atomic E-state index is 5.62. The molecule has 4 heteroatoms. The molecule has 15 heavy (non-hydrogen) atoms. The lowest BCUT2D eigenvalue weighted by Crippen LogP contribution is -2.48. The zero-order valence-electron chi connectivity index (χ0n) is 10.2. The van der Waals surface area contributed by atoms with Crippen molar-refractivity contribution in [2.45, 2.75) is 38.4 Å². The highest BCUT2D eigenvalue weighted by Gasteiger charge is 2.36. The molecular weight excluding hydrogens is 194 g/mol. The first-order chi connectivity index (χ1) is 6.91. The van der Waals surface area contributed by atoms with Gasteiger partial charge in [0.1, 0.15) is 0 Å². The molecule has 0 saturated carbocycles. The highest BCUT2D eigenvalue weighted by atomic mass is 16.8. The topological polar surface area (TPSA) is 39.7 Å². The van der Waals surface area contributed by atoms with Crippen LogP contribution in [0.15, 0.2) is 12.2 Å². The zero-order chi connectivity index (χ0) is 11.5. The second kappa shape index (κ2) is 4.61. The van der Waals surface area contributed by atoms with Crippen LogP contribution in [0.3, 0.4) is 0 Å². The van der Waals surface area contributed by atoms with Gasteiger partial charge < -0.3 is 19.5 Å². The fraction of sp³-hybridized carbons (Fsp3) is 0.818. The van der Waals surface area contributed by atoms with Gasteiger partial charge in [-0.15, -0.1) is 0 Å². The Labute approximate surface area is 91.6 Å². The summed E-state index contributed by atoms with van der Waals surface area (Å²) in [6, 6.07) is 0. The van der Waals surface area contributed by atoms with E-state index in [1.165, 1.54) is 0 Å². The number of ether oxygens (including phenoxy) is 3. The van der Waals surface area contributed by atoms with Crippen LogP contribution >= 0.6 is 0 Å². The third-order valence-electron chi connectivity index (χ3n) is 2.27. The van der Waals surface area contributed by atoms with Crippen LogP contribution in [0, 0.1) is 0 Å². The smallest absolute Gasteiger partial charge is 0.203 e. The first-order valence-electron chi connectivity index (χ1n) is 5.11. The standard InChI is InChI=1S/C11H21NO3/c1-10(2,3)12-8-11(14-5)7-6-9(13-4)15-11/h6-7,9,12H,8H2,1-5H3. The van der Waals surface area contributed by atoms with Crippen molar-refractivity contribution in [1.82, 2.24) is 5.32 Å². The van der Waals surface area contributed by atoms with E-state index < -0.39 is 5.79 Å². The molecule has 0 saturated heterocycles. The Morgan fingerprint density at radius 2 is 2.07 bits per heavy atom. The number of nitrogens with one attached hydrogen (secondary N) is 1. The van der Waals surface area contributed by atoms with Crippen molar-refractivity contribution < 1.29 is 14.2 Å². The van der Waals surface area contributed by atoms with Crippen LogP contribution in [0.1, 0.15) is 20.8 Å². The summed E-state index contributed by atoms with van der Waals surface area (Å²) in [5, 5.41) is 3.34. The summed E-state index contributed by atoms with van der Waals surface area (Å²) >= 11 is 0. The lowest BCUT2D eigenvalue weighted by Gasteiger charge is -2.31. The van der Waals surface area contributed by atoms with E-state index >= 15 is 0 Å². The van der Waals surface area contributed by atoms with E-state index in [9.17, 15) is 0 Å². The molecule has 0 aromatic carbocycles. The van der Waals surface area contributed by atoms with E-state index in [0.717, 1.165) is 0 Å². The lowest BCUT2D eigenvalue weighted by molar-refractivity contribution is -0.240. The van der Waals surface area contributed by atoms with Gasteiger partial charge in [0.05, 0.1) is 6.54 Å². The molecule has 0 aromatic heterocycles. The molecule has 0 aliphatic carbocycles. The molecule has 88 valence electrons. The van der Waals surface area contributed by atoms with Gasteiger partial charge in [0.2, 0.25) is 5.79 Å². The van der Waals surface area contributed by atoms with Gasteiger partial charge in [-0.05, 0) is 32.9 Å². The highest BCUT2D eigenvalue weighted by Crippen LogP contribution is 2.24. The van der Waals surface area contributed by atoms with Crippen LogP contribution in [-0.2, 0) is 14.2 Å². The predicted octanol–water partition coefficient (Wildman–Crippen LogP) is 1.28. The molecule has 1 N–H and O–H groups in total. The molecule has 1 aliphatic rings. The van der Waals surface area contributed by atoms with E-state index in [4.69, 9.17) is 14.2 Å². The van der Waals surface area contributed by atoms with Gasteiger partial charge in [0.15, 0.2) is 6.29 Å². The largest absolute Gasteiger partial charge is 0.352 e. The van der Waals surface area contributed by atoms with Crippen LogP contribution in [-0.4, -0.2) is 38.4 Å². The predicted molar refractivity (Wildman–Crippen MR) is 58.5 cm³/mol. The third kappa shape index (κ3) is 3.57. The fourth-order valence-electron chi connectivity index (χ4n) is 1.30. The number of hydrogen-bond donors (Lipinski definition) is 1. The van der Waals surface area contributed by atoms with Crippen LogP contribution < -0.4 is 5.32 Å². The van der Waals surface area contributed by atoms with Gasteiger partial charge in [0.25, 0.3) is 0 Å². The lowest BCUT2D eigenvalue weighted by atomic mass is 10.1. The maximum absolute atomic E-state index is 5.62. The van der Waals surface area contributed by atoms with Gasteiger partial charge in [-0.1, -0.05) is 0 Å². The second-order valence-corrected chi connectivity index (χ2v) is 4.70. The Morgan fingerprint density at radius 3 is 2.47 bits per heavy atom. The highest BCUT2D eigenvalue weighted by molar-refractivity contribution is 5.06. The molecule has 1 heterocycles. The summed E-state index contributed by atoms with van der Waals surface area (Å²) in [5.41, 5.74) is 0.0356. The number of methoxy groups -OCH3 is 2. The molecule has 2 unspecified atom stereocenters. The fourth-order valence-corrected chi connectivity index (χ4v) is 1.30. The molecule has 2 atom stereocenters. The minimum absolute atomic E-state index is 0.0356. The molecule has 0 amide bonds. The molecule has 1 rings (SSSR count). The Balaban J connectivity index is 2.53. The van der Waals surface area contributed by atoms with E-state index in [2.05, 4.69) is 26.1 Å². The SMILES string of the molecule is COC1C=CC(CNC(C)(C)C)(OC)O1. The third-order valence-corrected chi connectivity index (χ3v) is 2.27. The van der Waals surface area contributed by atoms with Crippen LogP contribution in [0.25, 0.3) is 0 Å². The quantitative estimate of drug-likeness (QED) is 0.717. The van der Waals surface area contributed by atoms with Crippen LogP contribution in [0.5, 0.6) is 0 Å². The van der Waals surface area contributed by atoms with E-state index in [-0.39, 0.29) is 11.8 Å². The van der Waals surface area contributed by atoms with Crippen molar-refractivity contribution in [2.75, 3.05) is 20.8 Å². The van der Waals surface area contributed by atoms with Crippen molar-refractivity contribution in [3.8, 4) is 0 Å². The molecule has 0 bridgehead atoms. The van der Waals surface area contributed by atoms with E-state index in [1.54, 1.807) is 14.2 Å². The number of rotatable bonds is 4. The summed E-state index contributed by atoms with van der Waals surface area (Å²) in [6.07, 6.45) is 3.43. The Bertz CT molecular complexity index is 234. The molecular formula is C11H21NO3.